The van der Waals surface area contributed by atoms with Gasteiger partial charge >= 0.3 is 0 Å². The van der Waals surface area contributed by atoms with Gasteiger partial charge in [-0.05, 0) is 31.7 Å². The molecule has 2 aliphatic rings. The molecule has 1 unspecified atom stereocenters. The lowest BCUT2D eigenvalue weighted by atomic mass is 9.96. The molecule has 2 aliphatic heterocycles. The van der Waals surface area contributed by atoms with Gasteiger partial charge in [-0.3, -0.25) is 0 Å². The normalized spacial score (nSPS) is 42.2. The summed E-state index contributed by atoms with van der Waals surface area (Å²) in [4.78, 5) is 0. The van der Waals surface area contributed by atoms with Crippen LogP contribution in [-0.4, -0.2) is 31.8 Å². The average molecular weight is 170 g/mol. The van der Waals surface area contributed by atoms with Crippen molar-refractivity contribution in [3.63, 3.8) is 0 Å². The second-order valence-electron chi connectivity index (χ2n) is 3.95. The van der Waals surface area contributed by atoms with Crippen molar-refractivity contribution >= 4 is 0 Å². The molecule has 3 heteroatoms. The van der Waals surface area contributed by atoms with Crippen LogP contribution in [0, 0.1) is 5.92 Å². The molecule has 3 atom stereocenters. The molecule has 0 spiro atoms. The maximum Gasteiger partial charge on any atom is 0.0579 e. The summed E-state index contributed by atoms with van der Waals surface area (Å²) in [7, 11) is 0. The first-order valence-electron chi connectivity index (χ1n) is 4.94. The van der Waals surface area contributed by atoms with Gasteiger partial charge in [0, 0.05) is 19.2 Å². The lowest BCUT2D eigenvalue weighted by molar-refractivity contribution is 0.0900. The molecule has 0 aromatic heterocycles. The minimum Gasteiger partial charge on any atom is -0.378 e. The molecule has 0 bridgehead atoms. The van der Waals surface area contributed by atoms with E-state index >= 15 is 0 Å². The Labute approximate surface area is 73.7 Å². The number of hydrogen-bond donors (Lipinski definition) is 2. The highest BCUT2D eigenvalue weighted by molar-refractivity contribution is 4.86. The molecule has 2 heterocycles. The zero-order valence-electron chi connectivity index (χ0n) is 7.46. The molecule has 0 aromatic rings. The van der Waals surface area contributed by atoms with Crippen molar-refractivity contribution in [1.29, 1.82) is 0 Å². The van der Waals surface area contributed by atoms with Crippen molar-refractivity contribution in [2.45, 2.75) is 31.4 Å². The Balaban J connectivity index is 1.77. The predicted octanol–water partition coefficient (Wildman–Crippen LogP) is 0.102. The van der Waals surface area contributed by atoms with E-state index in [1.807, 2.05) is 0 Å². The summed E-state index contributed by atoms with van der Waals surface area (Å²) in [5.74, 6) is 0.646. The van der Waals surface area contributed by atoms with Gasteiger partial charge < -0.3 is 15.8 Å². The molecule has 0 aromatic carbocycles. The van der Waals surface area contributed by atoms with Crippen molar-refractivity contribution in [2.75, 3.05) is 19.7 Å². The van der Waals surface area contributed by atoms with E-state index in [-0.39, 0.29) is 0 Å². The second kappa shape index (κ2) is 3.73. The quantitative estimate of drug-likeness (QED) is 0.618. The molecule has 3 N–H and O–H groups in total. The Morgan fingerprint density at radius 3 is 2.92 bits per heavy atom. The fourth-order valence-corrected chi connectivity index (χ4v) is 2.18. The molecule has 2 fully saturated rings. The summed E-state index contributed by atoms with van der Waals surface area (Å²) >= 11 is 0. The zero-order valence-corrected chi connectivity index (χ0v) is 7.46. The third-order valence-corrected chi connectivity index (χ3v) is 2.98. The van der Waals surface area contributed by atoms with E-state index in [1.165, 1.54) is 12.8 Å². The first-order chi connectivity index (χ1) is 5.86. The Bertz CT molecular complexity index is 145. The SMILES string of the molecule is N[C@H]1CNC[C@H]1CC1CCCO1. The Morgan fingerprint density at radius 1 is 1.42 bits per heavy atom. The molecule has 70 valence electrons. The van der Waals surface area contributed by atoms with Crippen LogP contribution < -0.4 is 11.1 Å². The molecule has 0 radical (unpaired) electrons. The first-order valence-corrected chi connectivity index (χ1v) is 4.94. The van der Waals surface area contributed by atoms with Crippen molar-refractivity contribution < 1.29 is 4.74 Å². The van der Waals surface area contributed by atoms with Crippen LogP contribution in [0.1, 0.15) is 19.3 Å². The van der Waals surface area contributed by atoms with Crippen molar-refractivity contribution in [3.05, 3.63) is 0 Å². The smallest absolute Gasteiger partial charge is 0.0579 e. The highest BCUT2D eigenvalue weighted by atomic mass is 16.5. The minimum absolute atomic E-state index is 0.356. The molecule has 2 rings (SSSR count). The van der Waals surface area contributed by atoms with E-state index in [2.05, 4.69) is 5.32 Å². The number of nitrogens with two attached hydrogens (primary N) is 1. The number of nitrogens with one attached hydrogen (secondary N) is 1. The Kier molecular flexibility index (Phi) is 2.63. The van der Waals surface area contributed by atoms with Crippen LogP contribution in [-0.2, 0) is 4.74 Å². The van der Waals surface area contributed by atoms with E-state index in [1.54, 1.807) is 0 Å². The molecule has 2 saturated heterocycles. The lowest BCUT2D eigenvalue weighted by Gasteiger charge is -2.17. The summed E-state index contributed by atoms with van der Waals surface area (Å²) in [6.07, 6.45) is 4.14. The summed E-state index contributed by atoms with van der Waals surface area (Å²) < 4.78 is 5.58. The van der Waals surface area contributed by atoms with Crippen LogP contribution in [0.3, 0.4) is 0 Å². The fraction of sp³-hybridized carbons (Fsp3) is 1.00. The van der Waals surface area contributed by atoms with E-state index < -0.39 is 0 Å². The molecule has 0 saturated carbocycles. The Hall–Kier alpha value is -0.120. The average Bonchev–Trinajstić information content (AvgIpc) is 2.65. The van der Waals surface area contributed by atoms with Crippen LogP contribution in [0.25, 0.3) is 0 Å². The topological polar surface area (TPSA) is 47.3 Å². The van der Waals surface area contributed by atoms with Gasteiger partial charge in [0.05, 0.1) is 6.10 Å². The third-order valence-electron chi connectivity index (χ3n) is 2.98. The van der Waals surface area contributed by atoms with Crippen molar-refractivity contribution in [1.82, 2.24) is 5.32 Å². The number of ether oxygens (including phenoxy) is 1. The predicted molar refractivity (Wildman–Crippen MR) is 47.9 cm³/mol. The molecule has 0 amide bonds. The van der Waals surface area contributed by atoms with E-state index in [4.69, 9.17) is 10.5 Å². The van der Waals surface area contributed by atoms with E-state index in [0.717, 1.165) is 26.1 Å². The van der Waals surface area contributed by atoms with Gasteiger partial charge in [0.25, 0.3) is 0 Å². The van der Waals surface area contributed by atoms with Crippen molar-refractivity contribution in [3.8, 4) is 0 Å². The molecular formula is C9H18N2O. The summed E-state index contributed by atoms with van der Waals surface area (Å²) in [5.41, 5.74) is 5.94. The van der Waals surface area contributed by atoms with Crippen LogP contribution in [0.5, 0.6) is 0 Å². The van der Waals surface area contributed by atoms with Gasteiger partial charge in [-0.25, -0.2) is 0 Å². The Morgan fingerprint density at radius 2 is 2.33 bits per heavy atom. The largest absolute Gasteiger partial charge is 0.378 e. The molecule has 0 aliphatic carbocycles. The van der Waals surface area contributed by atoms with E-state index in [9.17, 15) is 0 Å². The van der Waals surface area contributed by atoms with E-state index in [0.29, 0.717) is 18.1 Å². The molecular weight excluding hydrogens is 152 g/mol. The molecule has 12 heavy (non-hydrogen) atoms. The lowest BCUT2D eigenvalue weighted by Crippen LogP contribution is -2.31. The van der Waals surface area contributed by atoms with Gasteiger partial charge in [-0.2, -0.15) is 0 Å². The zero-order chi connectivity index (χ0) is 8.39. The van der Waals surface area contributed by atoms with Crippen LogP contribution in [0.4, 0.5) is 0 Å². The van der Waals surface area contributed by atoms with Crippen LogP contribution >= 0.6 is 0 Å². The fourth-order valence-electron chi connectivity index (χ4n) is 2.18. The first kappa shape index (κ1) is 8.48. The minimum atomic E-state index is 0.356. The van der Waals surface area contributed by atoms with Gasteiger partial charge in [0.15, 0.2) is 0 Å². The highest BCUT2D eigenvalue weighted by Crippen LogP contribution is 2.22. The number of rotatable bonds is 2. The monoisotopic (exact) mass is 170 g/mol. The standard InChI is InChI=1S/C9H18N2O/c10-9-6-11-5-7(9)4-8-2-1-3-12-8/h7-9,11H,1-6,10H2/t7-,8?,9+/m1/s1. The van der Waals surface area contributed by atoms with Crippen LogP contribution in [0.2, 0.25) is 0 Å². The van der Waals surface area contributed by atoms with Crippen molar-refractivity contribution in [2.24, 2.45) is 11.7 Å². The van der Waals surface area contributed by atoms with Gasteiger partial charge in [0.2, 0.25) is 0 Å². The second-order valence-corrected chi connectivity index (χ2v) is 3.95. The summed E-state index contributed by atoms with van der Waals surface area (Å²) in [6.45, 7) is 3.03. The van der Waals surface area contributed by atoms with Gasteiger partial charge in [-0.1, -0.05) is 0 Å². The summed E-state index contributed by atoms with van der Waals surface area (Å²) in [6, 6.07) is 0.356. The highest BCUT2D eigenvalue weighted by Gasteiger charge is 2.28. The third kappa shape index (κ3) is 1.79. The maximum atomic E-state index is 5.94. The van der Waals surface area contributed by atoms with Crippen LogP contribution in [0.15, 0.2) is 0 Å². The number of hydrogen-bond acceptors (Lipinski definition) is 3. The summed E-state index contributed by atoms with van der Waals surface area (Å²) in [5, 5.41) is 3.32. The molecule has 3 nitrogen and oxygen atoms in total. The van der Waals surface area contributed by atoms with Gasteiger partial charge in [0.1, 0.15) is 0 Å². The maximum absolute atomic E-state index is 5.94. The van der Waals surface area contributed by atoms with Gasteiger partial charge in [-0.15, -0.1) is 0 Å².